The van der Waals surface area contributed by atoms with Crippen molar-refractivity contribution < 1.29 is 8.42 Å². The quantitative estimate of drug-likeness (QED) is 0.749. The SMILES string of the molecule is CNS(=O)(=O)c1ccc(NCCN(C)C)nc1. The minimum Gasteiger partial charge on any atom is -0.369 e. The molecule has 0 aromatic carbocycles. The molecule has 6 nitrogen and oxygen atoms in total. The Hall–Kier alpha value is -1.18. The number of sulfonamides is 1. The summed E-state index contributed by atoms with van der Waals surface area (Å²) < 4.78 is 25.1. The molecule has 0 fully saturated rings. The fourth-order valence-corrected chi connectivity index (χ4v) is 1.84. The van der Waals surface area contributed by atoms with Gasteiger partial charge in [0.2, 0.25) is 10.0 Å². The average Bonchev–Trinajstić information content (AvgIpc) is 2.29. The van der Waals surface area contributed by atoms with Gasteiger partial charge in [0.1, 0.15) is 10.7 Å². The Bertz CT molecular complexity index is 442. The summed E-state index contributed by atoms with van der Waals surface area (Å²) in [6.07, 6.45) is 1.34. The average molecular weight is 258 g/mol. The maximum atomic E-state index is 11.4. The van der Waals surface area contributed by atoms with Crippen molar-refractivity contribution in [2.75, 3.05) is 39.5 Å². The molecule has 0 aliphatic rings. The number of anilines is 1. The predicted molar refractivity (Wildman–Crippen MR) is 67.5 cm³/mol. The number of hydrogen-bond acceptors (Lipinski definition) is 5. The highest BCUT2D eigenvalue weighted by atomic mass is 32.2. The first kappa shape index (κ1) is 13.9. The molecule has 0 unspecified atom stereocenters. The zero-order chi connectivity index (χ0) is 12.9. The summed E-state index contributed by atoms with van der Waals surface area (Å²) in [6.45, 7) is 1.65. The second-order valence-electron chi connectivity index (χ2n) is 3.82. The number of nitrogens with one attached hydrogen (secondary N) is 2. The van der Waals surface area contributed by atoms with Crippen LogP contribution >= 0.6 is 0 Å². The Morgan fingerprint density at radius 1 is 1.35 bits per heavy atom. The van der Waals surface area contributed by atoms with E-state index in [-0.39, 0.29) is 4.90 Å². The fraction of sp³-hybridized carbons (Fsp3) is 0.500. The molecule has 0 spiro atoms. The molecule has 0 aliphatic heterocycles. The van der Waals surface area contributed by atoms with Crippen molar-refractivity contribution in [2.24, 2.45) is 0 Å². The van der Waals surface area contributed by atoms with Crippen molar-refractivity contribution in [3.63, 3.8) is 0 Å². The molecule has 2 N–H and O–H groups in total. The Morgan fingerprint density at radius 3 is 2.53 bits per heavy atom. The van der Waals surface area contributed by atoms with E-state index in [2.05, 4.69) is 15.0 Å². The van der Waals surface area contributed by atoms with E-state index < -0.39 is 10.0 Å². The van der Waals surface area contributed by atoms with Crippen LogP contribution in [0.4, 0.5) is 5.82 Å². The third-order valence-corrected chi connectivity index (χ3v) is 3.58. The van der Waals surface area contributed by atoms with Gasteiger partial charge in [-0.15, -0.1) is 0 Å². The number of nitrogens with zero attached hydrogens (tertiary/aromatic N) is 2. The van der Waals surface area contributed by atoms with Gasteiger partial charge in [0, 0.05) is 19.3 Å². The van der Waals surface area contributed by atoms with E-state index in [1.165, 1.54) is 19.3 Å². The van der Waals surface area contributed by atoms with Gasteiger partial charge in [0.15, 0.2) is 0 Å². The zero-order valence-corrected chi connectivity index (χ0v) is 11.1. The maximum Gasteiger partial charge on any atom is 0.241 e. The van der Waals surface area contributed by atoms with E-state index in [0.29, 0.717) is 5.82 Å². The molecule has 96 valence electrons. The summed E-state index contributed by atoms with van der Waals surface area (Å²) in [5.41, 5.74) is 0. The highest BCUT2D eigenvalue weighted by molar-refractivity contribution is 7.89. The highest BCUT2D eigenvalue weighted by Crippen LogP contribution is 2.09. The molecule has 0 aliphatic carbocycles. The van der Waals surface area contributed by atoms with Crippen molar-refractivity contribution in [1.29, 1.82) is 0 Å². The summed E-state index contributed by atoms with van der Waals surface area (Å²) in [5, 5.41) is 3.10. The number of rotatable bonds is 6. The predicted octanol–water partition coefficient (Wildman–Crippen LogP) is -0.0368. The van der Waals surface area contributed by atoms with Gasteiger partial charge in [-0.3, -0.25) is 0 Å². The molecule has 0 radical (unpaired) electrons. The van der Waals surface area contributed by atoms with Gasteiger partial charge >= 0.3 is 0 Å². The second kappa shape index (κ2) is 5.95. The molecule has 1 aromatic heterocycles. The lowest BCUT2D eigenvalue weighted by atomic mass is 10.4. The van der Waals surface area contributed by atoms with E-state index in [1.54, 1.807) is 6.07 Å². The second-order valence-corrected chi connectivity index (χ2v) is 5.70. The van der Waals surface area contributed by atoms with Crippen molar-refractivity contribution >= 4 is 15.8 Å². The monoisotopic (exact) mass is 258 g/mol. The third-order valence-electron chi connectivity index (χ3n) is 2.18. The molecule has 0 saturated heterocycles. The Morgan fingerprint density at radius 2 is 2.06 bits per heavy atom. The van der Waals surface area contributed by atoms with Crippen molar-refractivity contribution in [3.8, 4) is 0 Å². The molecule has 7 heteroatoms. The first-order chi connectivity index (χ1) is 7.95. The Kier molecular flexibility index (Phi) is 4.86. The van der Waals surface area contributed by atoms with Crippen LogP contribution in [0, 0.1) is 0 Å². The summed E-state index contributed by atoms with van der Waals surface area (Å²) in [7, 11) is 1.94. The van der Waals surface area contributed by atoms with Gasteiger partial charge in [0.25, 0.3) is 0 Å². The lowest BCUT2D eigenvalue weighted by Crippen LogP contribution is -2.21. The molecule has 0 amide bonds. The van der Waals surface area contributed by atoms with Crippen molar-refractivity contribution in [3.05, 3.63) is 18.3 Å². The van der Waals surface area contributed by atoms with Gasteiger partial charge in [-0.1, -0.05) is 0 Å². The van der Waals surface area contributed by atoms with E-state index in [9.17, 15) is 8.42 Å². The number of hydrogen-bond donors (Lipinski definition) is 2. The van der Waals surface area contributed by atoms with Gasteiger partial charge in [-0.25, -0.2) is 18.1 Å². The van der Waals surface area contributed by atoms with Crippen molar-refractivity contribution in [2.45, 2.75) is 4.90 Å². The number of pyridine rings is 1. The molecular weight excluding hydrogens is 240 g/mol. The van der Waals surface area contributed by atoms with Gasteiger partial charge < -0.3 is 10.2 Å². The molecule has 0 bridgehead atoms. The Labute approximate surface area is 102 Å². The zero-order valence-electron chi connectivity index (χ0n) is 10.3. The lowest BCUT2D eigenvalue weighted by molar-refractivity contribution is 0.425. The largest absolute Gasteiger partial charge is 0.369 e. The minimum atomic E-state index is -3.40. The first-order valence-corrected chi connectivity index (χ1v) is 6.72. The molecule has 17 heavy (non-hydrogen) atoms. The number of aromatic nitrogens is 1. The summed E-state index contributed by atoms with van der Waals surface area (Å²) >= 11 is 0. The van der Waals surface area contributed by atoms with Crippen LogP contribution in [0.2, 0.25) is 0 Å². The van der Waals surface area contributed by atoms with E-state index in [0.717, 1.165) is 13.1 Å². The molecule has 1 heterocycles. The fourth-order valence-electron chi connectivity index (χ4n) is 1.17. The van der Waals surface area contributed by atoms with Crippen LogP contribution in [0.25, 0.3) is 0 Å². The summed E-state index contributed by atoms with van der Waals surface area (Å²) in [5.74, 6) is 0.668. The summed E-state index contributed by atoms with van der Waals surface area (Å²) in [4.78, 5) is 6.25. The first-order valence-electron chi connectivity index (χ1n) is 5.24. The molecule has 0 atom stereocenters. The Balaban J connectivity index is 2.63. The van der Waals surface area contributed by atoms with E-state index in [4.69, 9.17) is 0 Å². The molecule has 1 rings (SSSR count). The van der Waals surface area contributed by atoms with Crippen LogP contribution in [-0.4, -0.2) is 52.5 Å². The number of likely N-dealkylation sites (N-methyl/N-ethyl adjacent to an activating group) is 1. The van der Waals surface area contributed by atoms with Crippen LogP contribution in [0.3, 0.4) is 0 Å². The van der Waals surface area contributed by atoms with Gasteiger partial charge in [0.05, 0.1) is 0 Å². The van der Waals surface area contributed by atoms with Crippen LogP contribution in [-0.2, 0) is 10.0 Å². The van der Waals surface area contributed by atoms with Crippen LogP contribution < -0.4 is 10.0 Å². The third kappa shape index (κ3) is 4.29. The standard InChI is InChI=1S/C10H18N4O2S/c1-11-17(15,16)9-4-5-10(13-8-9)12-6-7-14(2)3/h4-5,8,11H,6-7H2,1-3H3,(H,12,13). The van der Waals surface area contributed by atoms with E-state index in [1.807, 2.05) is 19.0 Å². The highest BCUT2D eigenvalue weighted by Gasteiger charge is 2.10. The summed E-state index contributed by atoms with van der Waals surface area (Å²) in [6, 6.07) is 3.18. The van der Waals surface area contributed by atoms with Gasteiger partial charge in [-0.2, -0.15) is 0 Å². The van der Waals surface area contributed by atoms with E-state index >= 15 is 0 Å². The van der Waals surface area contributed by atoms with Crippen LogP contribution in [0.1, 0.15) is 0 Å². The molecular formula is C10H18N4O2S. The van der Waals surface area contributed by atoms with Crippen LogP contribution in [0.15, 0.2) is 23.2 Å². The van der Waals surface area contributed by atoms with Gasteiger partial charge in [-0.05, 0) is 33.3 Å². The topological polar surface area (TPSA) is 74.3 Å². The molecule has 0 saturated carbocycles. The van der Waals surface area contributed by atoms with Crippen molar-refractivity contribution in [1.82, 2.24) is 14.6 Å². The van der Waals surface area contributed by atoms with Crippen LogP contribution in [0.5, 0.6) is 0 Å². The smallest absolute Gasteiger partial charge is 0.241 e. The normalized spacial score (nSPS) is 11.8. The maximum absolute atomic E-state index is 11.4. The molecule has 1 aromatic rings. The minimum absolute atomic E-state index is 0.165. The lowest BCUT2D eigenvalue weighted by Gasteiger charge is -2.10.